The van der Waals surface area contributed by atoms with Crippen LogP contribution in [0.3, 0.4) is 0 Å². The molecule has 6 heteroatoms. The molecule has 0 aromatic carbocycles. The predicted octanol–water partition coefficient (Wildman–Crippen LogP) is 2.01. The summed E-state index contributed by atoms with van der Waals surface area (Å²) in [6.45, 7) is 2.11. The maximum absolute atomic E-state index is 12.5. The molecule has 2 aliphatic carbocycles. The Kier molecular flexibility index (Phi) is 1.57. The fourth-order valence-corrected chi connectivity index (χ4v) is 2.98. The molecule has 1 saturated carbocycles. The highest BCUT2D eigenvalue weighted by Crippen LogP contribution is 2.67. The fourth-order valence-electron chi connectivity index (χ4n) is 2.62. The van der Waals surface area contributed by atoms with Gasteiger partial charge < -0.3 is 5.11 Å². The Morgan fingerprint density at radius 2 is 2.53 bits per heavy atom. The molecule has 1 heterocycles. The van der Waals surface area contributed by atoms with Crippen molar-refractivity contribution in [2.24, 2.45) is 5.41 Å². The van der Waals surface area contributed by atoms with E-state index in [1.54, 1.807) is 0 Å². The lowest BCUT2D eigenvalue weighted by molar-refractivity contribution is 0.0689. The Morgan fingerprint density at radius 1 is 1.80 bits per heavy atom. The first kappa shape index (κ1) is 9.21. The molecule has 1 aromatic rings. The van der Waals surface area contributed by atoms with Crippen LogP contribution in [0.25, 0.3) is 0 Å². The lowest BCUT2D eigenvalue weighted by atomic mass is 10.1. The molecular formula is C9H9FN2O2S. The highest BCUT2D eigenvalue weighted by molar-refractivity contribution is 7.92. The normalized spacial score (nSPS) is 31.2. The van der Waals surface area contributed by atoms with Crippen molar-refractivity contribution in [2.75, 3.05) is 0 Å². The van der Waals surface area contributed by atoms with Gasteiger partial charge in [-0.25, -0.2) is 4.79 Å². The van der Waals surface area contributed by atoms with Gasteiger partial charge in [-0.1, -0.05) is 6.92 Å². The van der Waals surface area contributed by atoms with E-state index in [9.17, 15) is 8.68 Å². The van der Waals surface area contributed by atoms with Crippen LogP contribution >= 0.6 is 12.3 Å². The monoisotopic (exact) mass is 228 g/mol. The molecule has 3 rings (SSSR count). The van der Waals surface area contributed by atoms with Gasteiger partial charge in [-0.05, 0) is 24.2 Å². The summed E-state index contributed by atoms with van der Waals surface area (Å²) in [6.07, 6.45) is 1.74. The first-order valence-electron chi connectivity index (χ1n) is 4.71. The highest BCUT2D eigenvalue weighted by atomic mass is 32.2. The van der Waals surface area contributed by atoms with Crippen LogP contribution in [0.15, 0.2) is 0 Å². The number of aromatic carboxylic acids is 1. The van der Waals surface area contributed by atoms with Crippen LogP contribution in [0.5, 0.6) is 0 Å². The van der Waals surface area contributed by atoms with Crippen molar-refractivity contribution in [2.45, 2.75) is 25.7 Å². The van der Waals surface area contributed by atoms with Crippen LogP contribution in [-0.2, 0) is 6.42 Å². The average Bonchev–Trinajstić information content (AvgIpc) is 2.57. The minimum Gasteiger partial charge on any atom is -0.476 e. The zero-order valence-electron chi connectivity index (χ0n) is 8.03. The number of aromatic nitrogens is 2. The fraction of sp³-hybridized carbons (Fsp3) is 0.556. The molecular weight excluding hydrogens is 219 g/mol. The lowest BCUT2D eigenvalue weighted by Gasteiger charge is -2.02. The van der Waals surface area contributed by atoms with E-state index in [2.05, 4.69) is 12.0 Å². The summed E-state index contributed by atoms with van der Waals surface area (Å²) in [6, 6.07) is 0. The third kappa shape index (κ3) is 1.03. The van der Waals surface area contributed by atoms with Crippen LogP contribution in [0.1, 0.15) is 41.0 Å². The summed E-state index contributed by atoms with van der Waals surface area (Å²) in [5.41, 5.74) is 1.70. The standard InChI is InChI=1S/C9H9FN2O2S/c1-9-2-4(9)6-5(3-9)12(15-10)11-7(6)8(13)14/h4H,2-3H2,1H3,(H,13,14). The predicted molar refractivity (Wildman–Crippen MR) is 52.5 cm³/mol. The Hall–Kier alpha value is -1.04. The second kappa shape index (κ2) is 2.55. The van der Waals surface area contributed by atoms with E-state index in [0.29, 0.717) is 0 Å². The molecule has 0 radical (unpaired) electrons. The second-order valence-corrected chi connectivity index (χ2v) is 5.03. The molecule has 1 aromatic heterocycles. The quantitative estimate of drug-likeness (QED) is 0.841. The van der Waals surface area contributed by atoms with Gasteiger partial charge in [-0.15, -0.1) is 3.89 Å². The van der Waals surface area contributed by atoms with E-state index in [4.69, 9.17) is 5.11 Å². The largest absolute Gasteiger partial charge is 0.476 e. The molecule has 2 atom stereocenters. The smallest absolute Gasteiger partial charge is 0.356 e. The number of hydrogen-bond acceptors (Lipinski definition) is 3. The zero-order valence-corrected chi connectivity index (χ0v) is 8.84. The van der Waals surface area contributed by atoms with Crippen LogP contribution in [0.2, 0.25) is 0 Å². The molecule has 15 heavy (non-hydrogen) atoms. The molecule has 2 unspecified atom stereocenters. The summed E-state index contributed by atoms with van der Waals surface area (Å²) in [7, 11) is 0. The van der Waals surface area contributed by atoms with E-state index in [1.165, 1.54) is 0 Å². The summed E-state index contributed by atoms with van der Waals surface area (Å²) < 4.78 is 13.7. The van der Waals surface area contributed by atoms with Gasteiger partial charge >= 0.3 is 5.97 Å². The van der Waals surface area contributed by atoms with Crippen molar-refractivity contribution in [3.8, 4) is 0 Å². The molecule has 1 fully saturated rings. The SMILES string of the molecule is CC12Cc3c(c(C(=O)O)nn3SF)C1C2. The first-order valence-corrected chi connectivity index (χ1v) is 5.38. The molecule has 4 nitrogen and oxygen atoms in total. The van der Waals surface area contributed by atoms with Crippen molar-refractivity contribution >= 4 is 18.3 Å². The Morgan fingerprint density at radius 3 is 3.13 bits per heavy atom. The molecule has 80 valence electrons. The van der Waals surface area contributed by atoms with Gasteiger partial charge in [0.2, 0.25) is 0 Å². The topological polar surface area (TPSA) is 55.1 Å². The van der Waals surface area contributed by atoms with Crippen molar-refractivity contribution in [1.82, 2.24) is 9.19 Å². The second-order valence-electron chi connectivity index (χ2n) is 4.54. The van der Waals surface area contributed by atoms with Gasteiger partial charge in [0.05, 0.1) is 5.69 Å². The first-order chi connectivity index (χ1) is 7.07. The van der Waals surface area contributed by atoms with E-state index < -0.39 is 5.97 Å². The number of hydrogen-bond donors (Lipinski definition) is 1. The van der Waals surface area contributed by atoms with Crippen molar-refractivity contribution in [3.63, 3.8) is 0 Å². The molecule has 0 spiro atoms. The van der Waals surface area contributed by atoms with E-state index in [-0.39, 0.29) is 29.4 Å². The average molecular weight is 228 g/mol. The van der Waals surface area contributed by atoms with E-state index in [1.807, 2.05) is 0 Å². The zero-order chi connectivity index (χ0) is 10.8. The summed E-state index contributed by atoms with van der Waals surface area (Å²) >= 11 is -0.0241. The lowest BCUT2D eigenvalue weighted by Crippen LogP contribution is -2.03. The number of nitrogens with zero attached hydrogens (tertiary/aromatic N) is 2. The maximum Gasteiger partial charge on any atom is 0.356 e. The molecule has 0 amide bonds. The molecule has 2 aliphatic rings. The van der Waals surface area contributed by atoms with Gasteiger partial charge in [0, 0.05) is 5.56 Å². The number of halogens is 1. The Labute approximate surface area is 89.9 Å². The number of carboxylic acid groups (broad SMARTS) is 1. The van der Waals surface area contributed by atoms with Gasteiger partial charge in [0.1, 0.15) is 0 Å². The third-order valence-corrected chi connectivity index (χ3v) is 3.96. The molecule has 0 saturated heterocycles. The van der Waals surface area contributed by atoms with Crippen molar-refractivity contribution in [1.29, 1.82) is 0 Å². The number of rotatable bonds is 2. The van der Waals surface area contributed by atoms with Crippen LogP contribution in [0.4, 0.5) is 3.89 Å². The third-order valence-electron chi connectivity index (χ3n) is 3.53. The van der Waals surface area contributed by atoms with Crippen LogP contribution in [-0.4, -0.2) is 20.3 Å². The molecule has 1 N–H and O–H groups in total. The van der Waals surface area contributed by atoms with E-state index >= 15 is 0 Å². The summed E-state index contributed by atoms with van der Waals surface area (Å²) in [5.74, 6) is -0.783. The number of carboxylic acids is 1. The highest BCUT2D eigenvalue weighted by Gasteiger charge is 2.59. The maximum atomic E-state index is 12.5. The molecule has 0 bridgehead atoms. The number of fused-ring (bicyclic) bond motifs is 3. The van der Waals surface area contributed by atoms with Gasteiger partial charge in [0.25, 0.3) is 0 Å². The van der Waals surface area contributed by atoms with Gasteiger partial charge in [0.15, 0.2) is 18.0 Å². The Balaban J connectivity index is 2.17. The summed E-state index contributed by atoms with van der Waals surface area (Å²) in [4.78, 5) is 11.0. The Bertz CT molecular complexity index is 473. The van der Waals surface area contributed by atoms with Crippen molar-refractivity contribution < 1.29 is 13.8 Å². The molecule has 0 aliphatic heterocycles. The summed E-state index contributed by atoms with van der Waals surface area (Å²) in [5, 5.41) is 12.7. The minimum atomic E-state index is -1.06. The van der Waals surface area contributed by atoms with Crippen LogP contribution in [0, 0.1) is 5.41 Å². The van der Waals surface area contributed by atoms with E-state index in [0.717, 1.165) is 28.2 Å². The van der Waals surface area contributed by atoms with Crippen molar-refractivity contribution in [3.05, 3.63) is 17.0 Å². The van der Waals surface area contributed by atoms with Crippen LogP contribution < -0.4 is 0 Å². The van der Waals surface area contributed by atoms with Gasteiger partial charge in [-0.2, -0.15) is 9.19 Å². The number of carbonyl (C=O) groups is 1. The minimum absolute atomic E-state index is 0.0241. The van der Waals surface area contributed by atoms with Gasteiger partial charge in [-0.3, -0.25) is 0 Å².